The summed E-state index contributed by atoms with van der Waals surface area (Å²) in [5.41, 5.74) is 0. The summed E-state index contributed by atoms with van der Waals surface area (Å²) >= 11 is 0. The smallest absolute Gasteiger partial charge is 1.00 e. The van der Waals surface area contributed by atoms with E-state index in [0.29, 0.717) is 0 Å². The monoisotopic (exact) mass is 269 g/mol. The van der Waals surface area contributed by atoms with Crippen LogP contribution in [0.15, 0.2) is 0 Å². The van der Waals surface area contributed by atoms with Crippen LogP contribution in [0.4, 0.5) is 0 Å². The molecule has 0 fully saturated rings. The first kappa shape index (κ1) is 22.4. The Morgan fingerprint density at radius 2 is 1.75 bits per heavy atom. The molecule has 0 aromatic heterocycles. The molecule has 0 saturated carbocycles. The molecule has 2 nitrogen and oxygen atoms in total. The first-order valence-corrected chi connectivity index (χ1v) is 1.47. The molecule has 0 unspecified atom stereocenters. The number of carbonyl (C=O) groups is 1. The van der Waals surface area contributed by atoms with E-state index in [-0.39, 0.29) is 97.3 Å². The molecule has 0 aromatic carbocycles. The molecular formula is C3H5BaClNaO2+. The topological polar surface area (TPSA) is 40.1 Å². The first-order chi connectivity index (χ1) is 2.27. The second kappa shape index (κ2) is 16.2. The molecule has 0 spiro atoms. The number of halogens is 1. The quantitative estimate of drug-likeness (QED) is 0.444. The molecule has 38 valence electrons. The van der Waals surface area contributed by atoms with Crippen molar-refractivity contribution in [3.05, 3.63) is 0 Å². The predicted octanol–water partition coefficient (Wildman–Crippen LogP) is -7.23. The van der Waals surface area contributed by atoms with Crippen molar-refractivity contribution < 1.29 is 51.9 Å². The Labute approximate surface area is 118 Å². The van der Waals surface area contributed by atoms with E-state index in [4.69, 9.17) is 0 Å². The van der Waals surface area contributed by atoms with Gasteiger partial charge in [-0.05, 0) is 6.42 Å². The first-order valence-electron chi connectivity index (χ1n) is 1.47. The third-order valence-corrected chi connectivity index (χ3v) is 0.289. The van der Waals surface area contributed by atoms with E-state index in [1.165, 1.54) is 6.92 Å². The summed E-state index contributed by atoms with van der Waals surface area (Å²) in [6.45, 7) is 1.54. The zero-order chi connectivity index (χ0) is 4.28. The third kappa shape index (κ3) is 23.9. The fourth-order valence-corrected chi connectivity index (χ4v) is 0. The Hall–Kier alpha value is 2.33. The van der Waals surface area contributed by atoms with Crippen molar-refractivity contribution in [1.82, 2.24) is 0 Å². The van der Waals surface area contributed by atoms with Crippen LogP contribution in [0.1, 0.15) is 13.3 Å². The van der Waals surface area contributed by atoms with E-state index < -0.39 is 5.97 Å². The van der Waals surface area contributed by atoms with Crippen LogP contribution in [-0.4, -0.2) is 54.9 Å². The van der Waals surface area contributed by atoms with Crippen LogP contribution < -0.4 is 47.1 Å². The molecule has 0 N–H and O–H groups in total. The van der Waals surface area contributed by atoms with Crippen LogP contribution in [0.25, 0.3) is 0 Å². The maximum absolute atomic E-state index is 9.26. The predicted molar refractivity (Wildman–Crippen MR) is 21.1 cm³/mol. The molecule has 0 aromatic rings. The summed E-state index contributed by atoms with van der Waals surface area (Å²) in [6.07, 6.45) is 0.111. The fraction of sp³-hybridized carbons (Fsp3) is 0.667. The van der Waals surface area contributed by atoms with Gasteiger partial charge in [0.1, 0.15) is 0 Å². The van der Waals surface area contributed by atoms with Gasteiger partial charge < -0.3 is 22.3 Å². The number of hydrogen-bond acceptors (Lipinski definition) is 2. The number of hydrogen-bond donors (Lipinski definition) is 0. The molecule has 0 heterocycles. The molecule has 0 aliphatic rings. The van der Waals surface area contributed by atoms with Gasteiger partial charge in [0.15, 0.2) is 0 Å². The van der Waals surface area contributed by atoms with Gasteiger partial charge in [0, 0.05) is 5.97 Å². The standard InChI is InChI=1S/C3H6O2.Ba.ClH.Na/c1-2-3(4)5;;;/h2H2,1H3,(H,4,5);;1H;/q;+2;;+1/p-2. The van der Waals surface area contributed by atoms with Crippen LogP contribution in [0, 0.1) is 0 Å². The number of carboxylic acids is 1. The van der Waals surface area contributed by atoms with Crippen molar-refractivity contribution in [1.29, 1.82) is 0 Å². The van der Waals surface area contributed by atoms with Gasteiger partial charge in [-0.1, -0.05) is 6.92 Å². The maximum atomic E-state index is 9.26. The third-order valence-electron chi connectivity index (χ3n) is 0.289. The SMILES string of the molecule is CCC(=O)[O-].[Ba+2].[Cl-].[Na+]. The van der Waals surface area contributed by atoms with Crippen LogP contribution in [0.5, 0.6) is 0 Å². The van der Waals surface area contributed by atoms with E-state index in [2.05, 4.69) is 0 Å². The molecule has 5 heteroatoms. The minimum absolute atomic E-state index is 0. The summed E-state index contributed by atoms with van der Waals surface area (Å²) in [5, 5.41) is 9.26. The average molecular weight is 269 g/mol. The Morgan fingerprint density at radius 3 is 1.75 bits per heavy atom. The summed E-state index contributed by atoms with van der Waals surface area (Å²) in [5.74, 6) is -0.995. The second-order valence-corrected chi connectivity index (χ2v) is 0.726. The molecule has 0 radical (unpaired) electrons. The molecule has 0 aliphatic heterocycles. The van der Waals surface area contributed by atoms with Gasteiger partial charge in [-0.25, -0.2) is 0 Å². The van der Waals surface area contributed by atoms with E-state index in [9.17, 15) is 9.90 Å². The van der Waals surface area contributed by atoms with Gasteiger partial charge in [0.25, 0.3) is 0 Å². The molecule has 0 atom stereocenters. The minimum Gasteiger partial charge on any atom is -1.00 e. The Bertz CT molecular complexity index is 52.5. The summed E-state index contributed by atoms with van der Waals surface area (Å²) < 4.78 is 0. The van der Waals surface area contributed by atoms with E-state index in [1.807, 2.05) is 0 Å². The molecular weight excluding hydrogens is 264 g/mol. The van der Waals surface area contributed by atoms with E-state index >= 15 is 0 Å². The van der Waals surface area contributed by atoms with Gasteiger partial charge in [-0.3, -0.25) is 0 Å². The normalized spacial score (nSPS) is 4.62. The van der Waals surface area contributed by atoms with Gasteiger partial charge in [-0.2, -0.15) is 0 Å². The summed E-state index contributed by atoms with van der Waals surface area (Å²) in [4.78, 5) is 9.26. The number of carboxylic acid groups (broad SMARTS) is 1. The van der Waals surface area contributed by atoms with Gasteiger partial charge in [-0.15, -0.1) is 0 Å². The van der Waals surface area contributed by atoms with Crippen molar-refractivity contribution in [2.75, 3.05) is 0 Å². The molecule has 0 rings (SSSR count). The second-order valence-electron chi connectivity index (χ2n) is 0.726. The van der Waals surface area contributed by atoms with Crippen molar-refractivity contribution in [2.24, 2.45) is 0 Å². The largest absolute Gasteiger partial charge is 2.00 e. The Morgan fingerprint density at radius 1 is 1.62 bits per heavy atom. The van der Waals surface area contributed by atoms with Crippen molar-refractivity contribution >= 4 is 54.9 Å². The van der Waals surface area contributed by atoms with Crippen LogP contribution in [-0.2, 0) is 4.79 Å². The molecule has 0 bridgehead atoms. The van der Waals surface area contributed by atoms with E-state index in [1.54, 1.807) is 0 Å². The number of aliphatic carboxylic acids is 1. The Balaban J connectivity index is -0.0000000267. The van der Waals surface area contributed by atoms with Crippen LogP contribution in [0.3, 0.4) is 0 Å². The number of carbonyl (C=O) groups excluding carboxylic acids is 1. The van der Waals surface area contributed by atoms with Crippen LogP contribution in [0.2, 0.25) is 0 Å². The van der Waals surface area contributed by atoms with Crippen molar-refractivity contribution in [2.45, 2.75) is 13.3 Å². The maximum Gasteiger partial charge on any atom is 2.00 e. The average Bonchev–Trinajstić information content (AvgIpc) is 1.38. The minimum atomic E-state index is -0.995. The Kier molecular flexibility index (Phi) is 45.3. The summed E-state index contributed by atoms with van der Waals surface area (Å²) in [6, 6.07) is 0. The zero-order valence-electron chi connectivity index (χ0n) is 5.11. The molecule has 8 heavy (non-hydrogen) atoms. The van der Waals surface area contributed by atoms with Crippen molar-refractivity contribution in [3.63, 3.8) is 0 Å². The molecule has 0 amide bonds. The van der Waals surface area contributed by atoms with E-state index in [0.717, 1.165) is 0 Å². The zero-order valence-corrected chi connectivity index (χ0v) is 12.3. The molecule has 0 saturated heterocycles. The van der Waals surface area contributed by atoms with Gasteiger partial charge in [0.2, 0.25) is 0 Å². The number of rotatable bonds is 1. The molecule has 0 aliphatic carbocycles. The summed E-state index contributed by atoms with van der Waals surface area (Å²) in [7, 11) is 0. The van der Waals surface area contributed by atoms with Crippen LogP contribution >= 0.6 is 0 Å². The van der Waals surface area contributed by atoms with Gasteiger partial charge in [0.05, 0.1) is 0 Å². The van der Waals surface area contributed by atoms with Gasteiger partial charge >= 0.3 is 78.4 Å². The van der Waals surface area contributed by atoms with Crippen molar-refractivity contribution in [3.8, 4) is 0 Å². The fourth-order valence-electron chi connectivity index (χ4n) is 0.